The topological polar surface area (TPSA) is 64.9 Å². The van der Waals surface area contributed by atoms with Gasteiger partial charge in [0.1, 0.15) is 0 Å². The Morgan fingerprint density at radius 2 is 1.83 bits per heavy atom. The number of hydrogen-bond acceptors (Lipinski definition) is 4. The fourth-order valence-electron chi connectivity index (χ4n) is 3.01. The van der Waals surface area contributed by atoms with E-state index in [1.165, 1.54) is 16.8 Å². The number of nitrogens with zero attached hydrogens (tertiary/aromatic N) is 2. The number of aliphatic imine (C=N–C) groups is 1. The van der Waals surface area contributed by atoms with Gasteiger partial charge in [0.15, 0.2) is 10.9 Å². The van der Waals surface area contributed by atoms with Crippen molar-refractivity contribution in [2.45, 2.75) is 5.72 Å². The van der Waals surface area contributed by atoms with Gasteiger partial charge in [-0.05, 0) is 42.5 Å². The lowest BCUT2D eigenvalue weighted by molar-refractivity contribution is -0.0676. The van der Waals surface area contributed by atoms with Crippen molar-refractivity contribution < 1.29 is 9.90 Å². The standard InChI is InChI=1S/C22H17BrClN3O2S/c23-17-6-4-5-15(13-17)20(28)26-27-21(25-19-7-2-1-3-8-19)30-14-22(27,29)16-9-11-18(24)12-10-16/h1-13,29H,14H2,(H,26,28)/t22-/m0/s1. The van der Waals surface area contributed by atoms with E-state index in [1.54, 1.807) is 42.5 Å². The van der Waals surface area contributed by atoms with Gasteiger partial charge in [-0.15, -0.1) is 0 Å². The average Bonchev–Trinajstić information content (AvgIpc) is 3.06. The van der Waals surface area contributed by atoms with Crippen molar-refractivity contribution in [2.75, 3.05) is 5.75 Å². The number of carbonyl (C=O) groups excluding carboxylic acids is 1. The van der Waals surface area contributed by atoms with Gasteiger partial charge in [0.25, 0.3) is 5.91 Å². The minimum Gasteiger partial charge on any atom is -0.365 e. The summed E-state index contributed by atoms with van der Waals surface area (Å²) in [6.45, 7) is 0. The molecule has 4 rings (SSSR count). The molecule has 1 heterocycles. The van der Waals surface area contributed by atoms with Crippen molar-refractivity contribution in [2.24, 2.45) is 4.99 Å². The first kappa shape index (κ1) is 20.9. The first-order valence-electron chi connectivity index (χ1n) is 9.07. The predicted octanol–water partition coefficient (Wildman–Crippen LogP) is 5.33. The van der Waals surface area contributed by atoms with Crippen LogP contribution in [0.1, 0.15) is 15.9 Å². The van der Waals surface area contributed by atoms with E-state index in [-0.39, 0.29) is 5.91 Å². The molecule has 0 bridgehead atoms. The number of aliphatic hydroxyl groups is 1. The van der Waals surface area contributed by atoms with Crippen LogP contribution in [0.2, 0.25) is 5.02 Å². The molecule has 0 spiro atoms. The van der Waals surface area contributed by atoms with Crippen LogP contribution in [-0.2, 0) is 5.72 Å². The van der Waals surface area contributed by atoms with Crippen molar-refractivity contribution in [1.82, 2.24) is 10.4 Å². The maximum absolute atomic E-state index is 13.0. The largest absolute Gasteiger partial charge is 0.365 e. The summed E-state index contributed by atoms with van der Waals surface area (Å²) in [4.78, 5) is 17.6. The number of hydrogen-bond donors (Lipinski definition) is 2. The maximum Gasteiger partial charge on any atom is 0.269 e. The van der Waals surface area contributed by atoms with Crippen molar-refractivity contribution in [1.29, 1.82) is 0 Å². The third kappa shape index (κ3) is 4.39. The summed E-state index contributed by atoms with van der Waals surface area (Å²) in [7, 11) is 0. The molecule has 0 radical (unpaired) electrons. The SMILES string of the molecule is O=C(NN1C(=Nc2ccccc2)SC[C@]1(O)c1ccc(Cl)cc1)c1cccc(Br)c1. The number of nitrogens with one attached hydrogen (secondary N) is 1. The summed E-state index contributed by atoms with van der Waals surface area (Å²) in [6, 6.07) is 23.3. The number of amides is 1. The molecule has 1 atom stereocenters. The van der Waals surface area contributed by atoms with E-state index < -0.39 is 5.72 Å². The van der Waals surface area contributed by atoms with Crippen LogP contribution in [-0.4, -0.2) is 26.9 Å². The number of amidine groups is 1. The highest BCUT2D eigenvalue weighted by Gasteiger charge is 2.46. The van der Waals surface area contributed by atoms with E-state index in [9.17, 15) is 9.90 Å². The van der Waals surface area contributed by atoms with Gasteiger partial charge in [-0.1, -0.05) is 75.7 Å². The van der Waals surface area contributed by atoms with Crippen LogP contribution in [0.25, 0.3) is 0 Å². The molecule has 0 aliphatic carbocycles. The Morgan fingerprint density at radius 3 is 2.53 bits per heavy atom. The summed E-state index contributed by atoms with van der Waals surface area (Å²) in [5.41, 5.74) is 3.14. The highest BCUT2D eigenvalue weighted by atomic mass is 79.9. The molecule has 30 heavy (non-hydrogen) atoms. The highest BCUT2D eigenvalue weighted by Crippen LogP contribution is 2.39. The Labute approximate surface area is 191 Å². The molecule has 152 valence electrons. The quantitative estimate of drug-likeness (QED) is 0.506. The molecular formula is C22H17BrClN3O2S. The minimum absolute atomic E-state index is 0.291. The number of carbonyl (C=O) groups is 1. The van der Waals surface area contributed by atoms with E-state index in [1.807, 2.05) is 36.4 Å². The molecule has 5 nitrogen and oxygen atoms in total. The predicted molar refractivity (Wildman–Crippen MR) is 125 cm³/mol. The molecule has 1 aliphatic heterocycles. The molecule has 1 amide bonds. The summed E-state index contributed by atoms with van der Waals surface area (Å²) in [5.74, 6) is -0.0639. The normalized spacial score (nSPS) is 19.8. The van der Waals surface area contributed by atoms with Crippen LogP contribution in [0, 0.1) is 0 Å². The second-order valence-corrected chi connectivity index (χ2v) is 8.92. The fourth-order valence-corrected chi connectivity index (χ4v) is 4.66. The third-order valence-electron chi connectivity index (χ3n) is 4.55. The smallest absolute Gasteiger partial charge is 0.269 e. The lowest BCUT2D eigenvalue weighted by atomic mass is 10.0. The Bertz CT molecular complexity index is 1100. The molecule has 8 heteroatoms. The zero-order valence-corrected chi connectivity index (χ0v) is 18.8. The average molecular weight is 503 g/mol. The van der Waals surface area contributed by atoms with Gasteiger partial charge in [0.05, 0.1) is 11.4 Å². The van der Waals surface area contributed by atoms with Crippen molar-refractivity contribution >= 4 is 56.1 Å². The van der Waals surface area contributed by atoms with Gasteiger partial charge < -0.3 is 5.11 Å². The minimum atomic E-state index is -1.48. The van der Waals surface area contributed by atoms with Gasteiger partial charge in [-0.2, -0.15) is 0 Å². The Hall–Kier alpha value is -2.32. The van der Waals surface area contributed by atoms with Crippen LogP contribution >= 0.6 is 39.3 Å². The van der Waals surface area contributed by atoms with Crippen LogP contribution in [0.15, 0.2) is 88.3 Å². The molecule has 1 aliphatic rings. The monoisotopic (exact) mass is 501 g/mol. The molecule has 3 aromatic carbocycles. The number of hydrazine groups is 1. The molecule has 0 unspecified atom stereocenters. The third-order valence-corrected chi connectivity index (χ3v) is 6.38. The van der Waals surface area contributed by atoms with Crippen molar-refractivity contribution in [3.63, 3.8) is 0 Å². The summed E-state index contributed by atoms with van der Waals surface area (Å²) in [6.07, 6.45) is 0. The molecule has 1 fully saturated rings. The molecule has 0 saturated carbocycles. The molecule has 3 aromatic rings. The fraction of sp³-hybridized carbons (Fsp3) is 0.0909. The lowest BCUT2D eigenvalue weighted by Crippen LogP contribution is -2.54. The second kappa shape index (κ2) is 8.81. The van der Waals surface area contributed by atoms with Crippen LogP contribution in [0.4, 0.5) is 5.69 Å². The number of rotatable bonds is 4. The van der Waals surface area contributed by atoms with Crippen molar-refractivity contribution in [3.8, 4) is 0 Å². The van der Waals surface area contributed by atoms with E-state index in [2.05, 4.69) is 26.3 Å². The first-order chi connectivity index (χ1) is 14.5. The zero-order valence-electron chi connectivity index (χ0n) is 15.6. The summed E-state index contributed by atoms with van der Waals surface area (Å²) >= 11 is 10.8. The van der Waals surface area contributed by atoms with Crippen LogP contribution in [0.3, 0.4) is 0 Å². The van der Waals surface area contributed by atoms with E-state index in [0.717, 1.165) is 10.2 Å². The number of para-hydroxylation sites is 1. The molecule has 1 saturated heterocycles. The molecular weight excluding hydrogens is 486 g/mol. The van der Waals surface area contributed by atoms with Crippen molar-refractivity contribution in [3.05, 3.63) is 99.5 Å². The summed E-state index contributed by atoms with van der Waals surface area (Å²) < 4.78 is 0.789. The van der Waals surface area contributed by atoms with Gasteiger partial charge in [0.2, 0.25) is 0 Å². The van der Waals surface area contributed by atoms with Gasteiger partial charge in [0, 0.05) is 20.6 Å². The van der Waals surface area contributed by atoms with Crippen LogP contribution in [0.5, 0.6) is 0 Å². The summed E-state index contributed by atoms with van der Waals surface area (Å²) in [5, 5.41) is 14.1. The Balaban J connectivity index is 1.72. The maximum atomic E-state index is 13.0. The second-order valence-electron chi connectivity index (χ2n) is 6.63. The zero-order chi connectivity index (χ0) is 21.1. The molecule has 0 aromatic heterocycles. The number of thioether (sulfide) groups is 1. The Morgan fingerprint density at radius 1 is 1.10 bits per heavy atom. The van der Waals surface area contributed by atoms with E-state index >= 15 is 0 Å². The number of benzene rings is 3. The molecule has 2 N–H and O–H groups in total. The first-order valence-corrected chi connectivity index (χ1v) is 11.2. The van der Waals surface area contributed by atoms with Crippen LogP contribution < -0.4 is 5.43 Å². The van der Waals surface area contributed by atoms with E-state index in [4.69, 9.17) is 11.6 Å². The van der Waals surface area contributed by atoms with Gasteiger partial charge >= 0.3 is 0 Å². The van der Waals surface area contributed by atoms with Gasteiger partial charge in [-0.3, -0.25) is 10.2 Å². The van der Waals surface area contributed by atoms with E-state index in [0.29, 0.717) is 27.1 Å². The number of halogens is 2. The Kier molecular flexibility index (Phi) is 6.15. The highest BCUT2D eigenvalue weighted by molar-refractivity contribution is 9.10. The van der Waals surface area contributed by atoms with Gasteiger partial charge in [-0.25, -0.2) is 10.0 Å². The lowest BCUT2D eigenvalue weighted by Gasteiger charge is -2.34.